The Hall–Kier alpha value is -3.02. The number of rotatable bonds is 13. The molecule has 0 aliphatic carbocycles. The molecule has 6 unspecified atom stereocenters. The van der Waals surface area contributed by atoms with Crippen molar-refractivity contribution >= 4 is 11.0 Å². The summed E-state index contributed by atoms with van der Waals surface area (Å²) in [6, 6.07) is 11.3. The molecule has 254 valence electrons. The Labute approximate surface area is 265 Å². The van der Waals surface area contributed by atoms with Gasteiger partial charge in [0.1, 0.15) is 36.3 Å². The van der Waals surface area contributed by atoms with Crippen LogP contribution in [-0.2, 0) is 25.4 Å². The molecule has 0 radical (unpaired) electrons. The zero-order chi connectivity index (χ0) is 33.0. The molecule has 2 aliphatic heterocycles. The predicted octanol–water partition coefficient (Wildman–Crippen LogP) is 0.728. The van der Waals surface area contributed by atoms with Gasteiger partial charge in [0.2, 0.25) is 0 Å². The summed E-state index contributed by atoms with van der Waals surface area (Å²) in [5.74, 6) is 2.38. The molecule has 0 bridgehead atoms. The summed E-state index contributed by atoms with van der Waals surface area (Å²) in [4.78, 5) is 0. The largest absolute Gasteiger partial charge is 0.493 e. The van der Waals surface area contributed by atoms with Crippen LogP contribution in [-0.4, -0.2) is 127 Å². The van der Waals surface area contributed by atoms with Crippen molar-refractivity contribution in [2.45, 2.75) is 74.6 Å². The van der Waals surface area contributed by atoms with E-state index in [9.17, 15) is 30.6 Å². The Balaban J connectivity index is 1.18. The molecule has 0 amide bonds. The fourth-order valence-electron chi connectivity index (χ4n) is 5.64. The molecule has 2 aromatic carbocycles. The Kier molecular flexibility index (Phi) is 11.4. The van der Waals surface area contributed by atoms with Crippen molar-refractivity contribution in [2.75, 3.05) is 41.2 Å². The van der Waals surface area contributed by atoms with Crippen molar-refractivity contribution in [2.24, 2.45) is 0 Å². The van der Waals surface area contributed by atoms with Crippen LogP contribution in [0.2, 0.25) is 0 Å². The summed E-state index contributed by atoms with van der Waals surface area (Å²) in [7, 11) is 4.71. The van der Waals surface area contributed by atoms with E-state index >= 15 is 0 Å². The highest BCUT2D eigenvalue weighted by molar-refractivity contribution is 5.88. The second kappa shape index (κ2) is 15.3. The summed E-state index contributed by atoms with van der Waals surface area (Å²) in [5.41, 5.74) is 2.36. The van der Waals surface area contributed by atoms with Crippen LogP contribution in [0.1, 0.15) is 18.4 Å². The summed E-state index contributed by atoms with van der Waals surface area (Å²) in [6.45, 7) is -0.584. The Morgan fingerprint density at radius 1 is 0.761 bits per heavy atom. The molecular formula is C32H42O14. The van der Waals surface area contributed by atoms with E-state index < -0.39 is 55.3 Å². The quantitative estimate of drug-likeness (QED) is 0.142. The van der Waals surface area contributed by atoms with E-state index in [1.54, 1.807) is 27.4 Å². The van der Waals surface area contributed by atoms with E-state index in [1.807, 2.05) is 30.3 Å². The summed E-state index contributed by atoms with van der Waals surface area (Å²) in [5, 5.41) is 61.8. The van der Waals surface area contributed by atoms with Crippen LogP contribution in [0.3, 0.4) is 0 Å². The van der Waals surface area contributed by atoms with Crippen LogP contribution < -0.4 is 14.2 Å². The maximum atomic E-state index is 10.5. The van der Waals surface area contributed by atoms with Crippen LogP contribution in [0, 0.1) is 0 Å². The van der Waals surface area contributed by atoms with Gasteiger partial charge in [-0.1, -0.05) is 0 Å². The number of ether oxygens (including phenoxy) is 7. The zero-order valence-electron chi connectivity index (χ0n) is 25.9. The minimum atomic E-state index is -1.59. The van der Waals surface area contributed by atoms with Crippen LogP contribution in [0.15, 0.2) is 40.8 Å². The number of furan rings is 1. The molecule has 6 N–H and O–H groups in total. The first-order valence-corrected chi connectivity index (χ1v) is 15.1. The molecule has 3 heterocycles. The summed E-state index contributed by atoms with van der Waals surface area (Å²) >= 11 is 0. The third kappa shape index (κ3) is 7.42. The number of aliphatic hydroxyl groups excluding tert-OH is 6. The fourth-order valence-corrected chi connectivity index (χ4v) is 5.64. The molecular weight excluding hydrogens is 608 g/mol. The summed E-state index contributed by atoms with van der Waals surface area (Å²) in [6.07, 6.45) is -10.5. The van der Waals surface area contributed by atoms with Gasteiger partial charge in [-0.05, 0) is 54.8 Å². The van der Waals surface area contributed by atoms with Crippen molar-refractivity contribution in [1.29, 1.82) is 0 Å². The maximum Gasteiger partial charge on any atom is 0.186 e. The summed E-state index contributed by atoms with van der Waals surface area (Å²) < 4.78 is 44.9. The van der Waals surface area contributed by atoms with Gasteiger partial charge in [0.25, 0.3) is 0 Å². The van der Waals surface area contributed by atoms with E-state index in [0.717, 1.165) is 16.5 Å². The molecule has 0 saturated carbocycles. The number of benzene rings is 2. The first-order chi connectivity index (χ1) is 22.2. The van der Waals surface area contributed by atoms with E-state index in [2.05, 4.69) is 0 Å². The smallest absolute Gasteiger partial charge is 0.186 e. The van der Waals surface area contributed by atoms with Gasteiger partial charge < -0.3 is 68.2 Å². The molecule has 2 saturated heterocycles. The fraction of sp³-hybridized carbons (Fsp3) is 0.562. The molecule has 0 spiro atoms. The van der Waals surface area contributed by atoms with Crippen molar-refractivity contribution in [3.63, 3.8) is 0 Å². The van der Waals surface area contributed by atoms with E-state index in [-0.39, 0.29) is 26.2 Å². The lowest BCUT2D eigenvalue weighted by Gasteiger charge is -2.41. The lowest BCUT2D eigenvalue weighted by atomic mass is 9.99. The first kappa shape index (κ1) is 34.3. The number of fused-ring (bicyclic) bond motifs is 1. The number of hydrogen-bond acceptors (Lipinski definition) is 14. The number of aryl methyl sites for hydroxylation is 1. The average molecular weight is 651 g/mol. The molecule has 14 nitrogen and oxygen atoms in total. The van der Waals surface area contributed by atoms with Crippen molar-refractivity contribution < 1.29 is 68.2 Å². The Morgan fingerprint density at radius 3 is 2.22 bits per heavy atom. The van der Waals surface area contributed by atoms with Gasteiger partial charge in [0.15, 0.2) is 35.4 Å². The SMILES string of the molecule is COc1ccc(-c2cc3cc(CCCO[C@@H]4OC(CO[C@@H]5OC(CO)CC(O)C5O)[C@@H](O)C(O)C4O)cc(OC)c3o2)cc1OC. The van der Waals surface area contributed by atoms with Gasteiger partial charge in [-0.15, -0.1) is 0 Å². The monoisotopic (exact) mass is 650 g/mol. The Bertz CT molecular complexity index is 1430. The third-order valence-electron chi connectivity index (χ3n) is 8.22. The molecule has 2 fully saturated rings. The minimum absolute atomic E-state index is 0.0317. The van der Waals surface area contributed by atoms with E-state index in [4.69, 9.17) is 37.6 Å². The van der Waals surface area contributed by atoms with Gasteiger partial charge in [-0.25, -0.2) is 0 Å². The molecule has 5 rings (SSSR count). The van der Waals surface area contributed by atoms with Gasteiger partial charge >= 0.3 is 0 Å². The van der Waals surface area contributed by atoms with E-state index in [1.165, 1.54) is 0 Å². The van der Waals surface area contributed by atoms with Crippen LogP contribution in [0.4, 0.5) is 0 Å². The second-order valence-electron chi connectivity index (χ2n) is 11.3. The van der Waals surface area contributed by atoms with Gasteiger partial charge in [0.05, 0.1) is 53.4 Å². The lowest BCUT2D eigenvalue weighted by Crippen LogP contribution is -2.60. The van der Waals surface area contributed by atoms with Gasteiger partial charge in [-0.2, -0.15) is 0 Å². The van der Waals surface area contributed by atoms with Crippen LogP contribution in [0.5, 0.6) is 17.2 Å². The highest BCUT2D eigenvalue weighted by Crippen LogP contribution is 2.38. The third-order valence-corrected chi connectivity index (χ3v) is 8.22. The predicted molar refractivity (Wildman–Crippen MR) is 161 cm³/mol. The normalized spacial score (nSPS) is 30.0. The lowest BCUT2D eigenvalue weighted by molar-refractivity contribution is -0.322. The molecule has 2 aliphatic rings. The van der Waals surface area contributed by atoms with E-state index in [0.29, 0.717) is 41.4 Å². The molecule has 14 heteroatoms. The van der Waals surface area contributed by atoms with Gasteiger partial charge in [-0.3, -0.25) is 0 Å². The van der Waals surface area contributed by atoms with Crippen molar-refractivity contribution in [1.82, 2.24) is 0 Å². The Morgan fingerprint density at radius 2 is 1.50 bits per heavy atom. The highest BCUT2D eigenvalue weighted by Gasteiger charge is 2.45. The molecule has 9 atom stereocenters. The second-order valence-corrected chi connectivity index (χ2v) is 11.3. The van der Waals surface area contributed by atoms with Crippen molar-refractivity contribution in [3.05, 3.63) is 42.0 Å². The van der Waals surface area contributed by atoms with Crippen LogP contribution in [0.25, 0.3) is 22.3 Å². The molecule has 1 aromatic heterocycles. The highest BCUT2D eigenvalue weighted by atomic mass is 16.7. The standard InChI is InChI=1S/C32H42O14/c1-39-21-7-6-17(11-23(21)40-2)22-12-18-9-16(10-24(41-3)30(18)45-22)5-4-8-42-32-29(38)28(37)27(36)25(46-32)15-43-31-26(35)20(34)13-19(14-33)44-31/h6-7,9-12,19-20,25-29,31-38H,4-5,8,13-15H2,1-3H3/t19?,20?,25?,26?,27-,28?,29?,31-,32-/m1/s1. The number of methoxy groups -OCH3 is 3. The molecule has 46 heavy (non-hydrogen) atoms. The topological polar surface area (TPSA) is 199 Å². The molecule has 3 aromatic rings. The first-order valence-electron chi connectivity index (χ1n) is 15.1. The number of hydrogen-bond donors (Lipinski definition) is 6. The van der Waals surface area contributed by atoms with Gasteiger partial charge in [0, 0.05) is 17.4 Å². The maximum absolute atomic E-state index is 10.5. The minimum Gasteiger partial charge on any atom is -0.493 e. The van der Waals surface area contributed by atoms with Crippen molar-refractivity contribution in [3.8, 4) is 28.6 Å². The zero-order valence-corrected chi connectivity index (χ0v) is 25.9. The average Bonchev–Trinajstić information content (AvgIpc) is 3.51. The van der Waals surface area contributed by atoms with Crippen LogP contribution >= 0.6 is 0 Å². The number of aliphatic hydroxyl groups is 6.